The number of benzene rings is 1. The summed E-state index contributed by atoms with van der Waals surface area (Å²) in [6.07, 6.45) is 1.80. The first kappa shape index (κ1) is 10.9. The van der Waals surface area contributed by atoms with Crippen LogP contribution >= 0.6 is 0 Å². The van der Waals surface area contributed by atoms with Crippen molar-refractivity contribution in [3.63, 3.8) is 0 Å². The number of hydrogen-bond acceptors (Lipinski definition) is 1. The number of nitrogens with zero attached hydrogens (tertiary/aromatic N) is 1. The molecule has 1 heteroatoms. The highest BCUT2D eigenvalue weighted by atomic mass is 14.7. The van der Waals surface area contributed by atoms with E-state index in [1.54, 1.807) is 6.21 Å². The average molecular weight is 163 g/mol. The molecule has 0 fully saturated rings. The van der Waals surface area contributed by atoms with Crippen LogP contribution in [0.3, 0.4) is 0 Å². The molecule has 12 heavy (non-hydrogen) atoms. The molecule has 0 saturated heterocycles. The summed E-state index contributed by atoms with van der Waals surface area (Å²) in [5.74, 6) is 0. The summed E-state index contributed by atoms with van der Waals surface area (Å²) in [5, 5.41) is 0. The van der Waals surface area contributed by atoms with Gasteiger partial charge in [0, 0.05) is 6.21 Å². The van der Waals surface area contributed by atoms with Crippen LogP contribution in [0.4, 0.5) is 5.69 Å². The van der Waals surface area contributed by atoms with Crippen LogP contribution in [0.1, 0.15) is 26.3 Å². The Hall–Kier alpha value is -1.11. The number of hydrogen-bond donors (Lipinski definition) is 0. The van der Waals surface area contributed by atoms with Gasteiger partial charge in [-0.15, -0.1) is 0 Å². The summed E-state index contributed by atoms with van der Waals surface area (Å²) in [5.41, 5.74) is 2.29. The van der Waals surface area contributed by atoms with Gasteiger partial charge in [-0.1, -0.05) is 31.5 Å². The third-order valence-corrected chi connectivity index (χ3v) is 1.31. The molecule has 0 saturated carbocycles. The van der Waals surface area contributed by atoms with E-state index in [4.69, 9.17) is 0 Å². The minimum Gasteiger partial charge on any atom is -0.262 e. The van der Waals surface area contributed by atoms with Crippen LogP contribution in [0, 0.1) is 6.92 Å². The molecule has 0 aromatic heterocycles. The second kappa shape index (κ2) is 6.59. The maximum atomic E-state index is 4.12. The summed E-state index contributed by atoms with van der Waals surface area (Å²) >= 11 is 0. The fourth-order valence-corrected chi connectivity index (χ4v) is 0.780. The molecule has 0 bridgehead atoms. The summed E-state index contributed by atoms with van der Waals surface area (Å²) in [6.45, 7) is 7.99. The number of aryl methyl sites for hydroxylation is 1. The van der Waals surface area contributed by atoms with Gasteiger partial charge < -0.3 is 0 Å². The fraction of sp³-hybridized carbons (Fsp3) is 0.364. The second-order valence-electron chi connectivity index (χ2n) is 2.22. The molecule has 0 spiro atoms. The minimum absolute atomic E-state index is 1.02. The predicted octanol–water partition coefficient (Wildman–Crippen LogP) is 3.74. The first-order chi connectivity index (χ1) is 5.83. The van der Waals surface area contributed by atoms with Crippen molar-refractivity contribution in [2.75, 3.05) is 0 Å². The van der Waals surface area contributed by atoms with Crippen LogP contribution in [-0.2, 0) is 0 Å². The summed E-state index contributed by atoms with van der Waals surface area (Å²) < 4.78 is 0. The second-order valence-corrected chi connectivity index (χ2v) is 2.22. The molecular formula is C11H17N. The molecule has 66 valence electrons. The molecule has 0 unspecified atom stereocenters. The normalized spacial score (nSPS) is 9.33. The van der Waals surface area contributed by atoms with E-state index in [9.17, 15) is 0 Å². The van der Waals surface area contributed by atoms with E-state index in [2.05, 4.69) is 24.0 Å². The van der Waals surface area contributed by atoms with Gasteiger partial charge in [0.15, 0.2) is 0 Å². The topological polar surface area (TPSA) is 12.4 Å². The lowest BCUT2D eigenvalue weighted by atomic mass is 10.2. The Balaban J connectivity index is 0.000000561. The molecule has 1 rings (SSSR count). The van der Waals surface area contributed by atoms with E-state index in [1.807, 2.05) is 32.9 Å². The van der Waals surface area contributed by atoms with Crippen molar-refractivity contribution in [3.05, 3.63) is 29.8 Å². The van der Waals surface area contributed by atoms with Gasteiger partial charge in [0.1, 0.15) is 0 Å². The van der Waals surface area contributed by atoms with Crippen molar-refractivity contribution in [2.45, 2.75) is 27.7 Å². The molecule has 0 radical (unpaired) electrons. The van der Waals surface area contributed by atoms with E-state index < -0.39 is 0 Å². The number of rotatable bonds is 1. The van der Waals surface area contributed by atoms with E-state index in [1.165, 1.54) is 5.56 Å². The molecule has 0 aliphatic heterocycles. The van der Waals surface area contributed by atoms with Gasteiger partial charge in [-0.05, 0) is 26.0 Å². The molecule has 1 aromatic rings. The molecule has 1 aromatic carbocycles. The molecule has 0 aliphatic rings. The van der Waals surface area contributed by atoms with Gasteiger partial charge in [-0.3, -0.25) is 4.99 Å². The van der Waals surface area contributed by atoms with Crippen molar-refractivity contribution >= 4 is 11.9 Å². The van der Waals surface area contributed by atoms with Gasteiger partial charge in [0.05, 0.1) is 5.69 Å². The lowest BCUT2D eigenvalue weighted by Gasteiger charge is -1.92. The molecular weight excluding hydrogens is 146 g/mol. The van der Waals surface area contributed by atoms with Crippen LogP contribution in [-0.4, -0.2) is 6.21 Å². The third-order valence-electron chi connectivity index (χ3n) is 1.31. The highest BCUT2D eigenvalue weighted by Gasteiger charge is 1.84. The third kappa shape index (κ3) is 3.91. The van der Waals surface area contributed by atoms with Crippen LogP contribution < -0.4 is 0 Å². The van der Waals surface area contributed by atoms with Gasteiger partial charge in [0.2, 0.25) is 0 Å². The lowest BCUT2D eigenvalue weighted by Crippen LogP contribution is -1.68. The predicted molar refractivity (Wildman–Crippen MR) is 56.4 cm³/mol. The van der Waals surface area contributed by atoms with Crippen LogP contribution in [0.5, 0.6) is 0 Å². The van der Waals surface area contributed by atoms with Crippen molar-refractivity contribution in [3.8, 4) is 0 Å². The van der Waals surface area contributed by atoms with Crippen LogP contribution in [0.2, 0.25) is 0 Å². The minimum atomic E-state index is 1.02. The van der Waals surface area contributed by atoms with Crippen LogP contribution in [0.15, 0.2) is 29.3 Å². The van der Waals surface area contributed by atoms with Crippen molar-refractivity contribution < 1.29 is 0 Å². The molecule has 0 N–H and O–H groups in total. The van der Waals surface area contributed by atoms with E-state index in [0.717, 1.165) is 5.69 Å². The van der Waals surface area contributed by atoms with E-state index >= 15 is 0 Å². The average Bonchev–Trinajstić information content (AvgIpc) is 2.13. The van der Waals surface area contributed by atoms with Gasteiger partial charge in [0.25, 0.3) is 0 Å². The Morgan fingerprint density at radius 2 is 1.58 bits per heavy atom. The summed E-state index contributed by atoms with van der Waals surface area (Å²) in [6, 6.07) is 8.13. The summed E-state index contributed by atoms with van der Waals surface area (Å²) in [7, 11) is 0. The quantitative estimate of drug-likeness (QED) is 0.559. The van der Waals surface area contributed by atoms with Gasteiger partial charge >= 0.3 is 0 Å². The number of aliphatic imine (C=N–C) groups is 1. The maximum Gasteiger partial charge on any atom is 0.0625 e. The van der Waals surface area contributed by atoms with E-state index in [-0.39, 0.29) is 0 Å². The van der Waals surface area contributed by atoms with Crippen molar-refractivity contribution in [1.29, 1.82) is 0 Å². The highest BCUT2D eigenvalue weighted by molar-refractivity contribution is 5.60. The Kier molecular flexibility index (Phi) is 5.98. The Labute approximate surface area is 75.2 Å². The van der Waals surface area contributed by atoms with Crippen molar-refractivity contribution in [1.82, 2.24) is 0 Å². The van der Waals surface area contributed by atoms with Crippen LogP contribution in [0.25, 0.3) is 0 Å². The van der Waals surface area contributed by atoms with Gasteiger partial charge in [-0.25, -0.2) is 0 Å². The smallest absolute Gasteiger partial charge is 0.0625 e. The summed E-state index contributed by atoms with van der Waals surface area (Å²) in [4.78, 5) is 4.12. The zero-order valence-electron chi connectivity index (χ0n) is 8.33. The molecule has 0 aliphatic carbocycles. The lowest BCUT2D eigenvalue weighted by molar-refractivity contribution is 1.44. The molecule has 0 atom stereocenters. The largest absolute Gasteiger partial charge is 0.262 e. The first-order valence-electron chi connectivity index (χ1n) is 4.38. The Morgan fingerprint density at radius 3 is 2.00 bits per heavy atom. The molecule has 0 heterocycles. The maximum absolute atomic E-state index is 4.12. The molecule has 0 amide bonds. The SMILES string of the molecule is CC.CC=Nc1ccc(C)cc1. The fourth-order valence-electron chi connectivity index (χ4n) is 0.780. The Morgan fingerprint density at radius 1 is 1.08 bits per heavy atom. The van der Waals surface area contributed by atoms with Gasteiger partial charge in [-0.2, -0.15) is 0 Å². The zero-order chi connectivity index (χ0) is 9.40. The zero-order valence-corrected chi connectivity index (χ0v) is 8.33. The monoisotopic (exact) mass is 163 g/mol. The first-order valence-corrected chi connectivity index (χ1v) is 4.38. The van der Waals surface area contributed by atoms with Crippen molar-refractivity contribution in [2.24, 2.45) is 4.99 Å². The highest BCUT2D eigenvalue weighted by Crippen LogP contribution is 2.10. The Bertz CT molecular complexity index is 221. The molecule has 1 nitrogen and oxygen atoms in total. The van der Waals surface area contributed by atoms with E-state index in [0.29, 0.717) is 0 Å². The standard InChI is InChI=1S/C9H11N.C2H6/c1-3-10-9-6-4-8(2)5-7-9;1-2/h3-7H,1-2H3;1-2H3.